The van der Waals surface area contributed by atoms with Gasteiger partial charge in [-0.2, -0.15) is 0 Å². The number of rotatable bonds is 3. The smallest absolute Gasteiger partial charge is 0.0603 e. The predicted octanol–water partition coefficient (Wildman–Crippen LogP) is 3.07. The Morgan fingerprint density at radius 2 is 2.18 bits per heavy atom. The van der Waals surface area contributed by atoms with Gasteiger partial charge in [-0.3, -0.25) is 0 Å². The predicted molar refractivity (Wildman–Crippen MR) is 54.6 cm³/mol. The second kappa shape index (κ2) is 3.91. The van der Waals surface area contributed by atoms with Crippen molar-refractivity contribution in [2.24, 2.45) is 0 Å². The molecule has 0 N–H and O–H groups in total. The average Bonchev–Trinajstić information content (AvgIpc) is 2.36. The molecule has 0 bridgehead atoms. The van der Waals surface area contributed by atoms with E-state index in [-0.39, 0.29) is 0 Å². The highest BCUT2D eigenvalue weighted by atomic mass is 28.3. The number of hydrogen-bond donors (Lipinski definition) is 0. The summed E-state index contributed by atoms with van der Waals surface area (Å²) in [5.74, 6) is 0. The standard InChI is InChI=1S/C10H18Si/c1-4-6-9-7-5-8-10(9)11(2)3/h5,7,11H,4,6,8H2,1-3H3. The molecule has 0 heterocycles. The van der Waals surface area contributed by atoms with Crippen molar-refractivity contribution in [3.63, 3.8) is 0 Å². The van der Waals surface area contributed by atoms with Crippen LogP contribution in [-0.2, 0) is 0 Å². The summed E-state index contributed by atoms with van der Waals surface area (Å²) < 4.78 is 0. The van der Waals surface area contributed by atoms with Gasteiger partial charge in [-0.15, -0.1) is 0 Å². The van der Waals surface area contributed by atoms with Crippen molar-refractivity contribution in [3.8, 4) is 0 Å². The highest BCUT2D eigenvalue weighted by Crippen LogP contribution is 2.24. The van der Waals surface area contributed by atoms with Crippen LogP contribution >= 0.6 is 0 Å². The summed E-state index contributed by atoms with van der Waals surface area (Å²) in [6.07, 6.45) is 8.53. The molecule has 0 spiro atoms. The Balaban J connectivity index is 2.67. The van der Waals surface area contributed by atoms with Crippen molar-refractivity contribution in [1.29, 1.82) is 0 Å². The molecule has 11 heavy (non-hydrogen) atoms. The number of hydrogen-bond acceptors (Lipinski definition) is 0. The van der Waals surface area contributed by atoms with Gasteiger partial charge in [-0.1, -0.05) is 49.4 Å². The fourth-order valence-corrected chi connectivity index (χ4v) is 3.28. The topological polar surface area (TPSA) is 0 Å². The van der Waals surface area contributed by atoms with E-state index >= 15 is 0 Å². The highest BCUT2D eigenvalue weighted by molar-refractivity contribution is 6.64. The number of allylic oxidation sites excluding steroid dienone is 4. The van der Waals surface area contributed by atoms with Gasteiger partial charge in [0.2, 0.25) is 0 Å². The van der Waals surface area contributed by atoms with Crippen LogP contribution in [0, 0.1) is 0 Å². The second-order valence-electron chi connectivity index (χ2n) is 3.56. The molecule has 0 aromatic carbocycles. The molecule has 0 atom stereocenters. The molecule has 1 rings (SSSR count). The SMILES string of the molecule is CCCC1=C([SiH](C)C)CC=C1. The van der Waals surface area contributed by atoms with E-state index in [2.05, 4.69) is 32.2 Å². The highest BCUT2D eigenvalue weighted by Gasteiger charge is 2.11. The summed E-state index contributed by atoms with van der Waals surface area (Å²) in [5, 5.41) is 1.80. The van der Waals surface area contributed by atoms with Crippen molar-refractivity contribution in [1.82, 2.24) is 0 Å². The third-order valence-electron chi connectivity index (χ3n) is 2.29. The molecule has 0 radical (unpaired) electrons. The summed E-state index contributed by atoms with van der Waals surface area (Å²) in [5.41, 5.74) is 1.66. The van der Waals surface area contributed by atoms with Gasteiger partial charge in [-0.05, 0) is 12.8 Å². The molecule has 1 heteroatoms. The van der Waals surface area contributed by atoms with Crippen molar-refractivity contribution in [3.05, 3.63) is 22.9 Å². The summed E-state index contributed by atoms with van der Waals surface area (Å²) in [6, 6.07) is 0. The monoisotopic (exact) mass is 166 g/mol. The van der Waals surface area contributed by atoms with Crippen LogP contribution in [-0.4, -0.2) is 8.80 Å². The molecule has 0 aromatic heterocycles. The molecule has 0 amide bonds. The summed E-state index contributed by atoms with van der Waals surface area (Å²) >= 11 is 0. The zero-order valence-corrected chi connectivity index (χ0v) is 9.01. The minimum absolute atomic E-state index is 0.495. The van der Waals surface area contributed by atoms with E-state index in [1.54, 1.807) is 10.8 Å². The quantitative estimate of drug-likeness (QED) is 0.565. The minimum Gasteiger partial charge on any atom is -0.0806 e. The van der Waals surface area contributed by atoms with Crippen LogP contribution in [0.1, 0.15) is 26.2 Å². The maximum atomic E-state index is 2.43. The lowest BCUT2D eigenvalue weighted by atomic mass is 10.2. The third-order valence-corrected chi connectivity index (χ3v) is 4.29. The Labute approximate surface area is 71.6 Å². The molecular formula is C10H18Si. The Hall–Kier alpha value is -0.303. The maximum Gasteiger partial charge on any atom is 0.0603 e. The molecule has 0 aliphatic heterocycles. The van der Waals surface area contributed by atoms with E-state index < -0.39 is 8.80 Å². The van der Waals surface area contributed by atoms with Gasteiger partial charge in [0.05, 0.1) is 8.80 Å². The van der Waals surface area contributed by atoms with Crippen molar-refractivity contribution >= 4 is 8.80 Å². The summed E-state index contributed by atoms with van der Waals surface area (Å²) in [7, 11) is -0.495. The van der Waals surface area contributed by atoms with E-state index in [9.17, 15) is 0 Å². The van der Waals surface area contributed by atoms with Crippen LogP contribution in [0.15, 0.2) is 22.9 Å². The summed E-state index contributed by atoms with van der Waals surface area (Å²) in [4.78, 5) is 0. The first-order valence-electron chi connectivity index (χ1n) is 4.64. The lowest BCUT2D eigenvalue weighted by Gasteiger charge is -2.08. The van der Waals surface area contributed by atoms with Crippen LogP contribution in [0.3, 0.4) is 0 Å². The first kappa shape index (κ1) is 8.79. The van der Waals surface area contributed by atoms with E-state index in [1.807, 2.05) is 0 Å². The van der Waals surface area contributed by atoms with Gasteiger partial charge in [-0.25, -0.2) is 0 Å². The molecule has 0 nitrogen and oxygen atoms in total. The minimum atomic E-state index is -0.495. The fraction of sp³-hybridized carbons (Fsp3) is 0.600. The van der Waals surface area contributed by atoms with Gasteiger partial charge < -0.3 is 0 Å². The molecular weight excluding hydrogens is 148 g/mol. The maximum absolute atomic E-state index is 2.43. The molecule has 0 fully saturated rings. The van der Waals surface area contributed by atoms with Gasteiger partial charge in [0.1, 0.15) is 0 Å². The van der Waals surface area contributed by atoms with Crippen molar-refractivity contribution in [2.75, 3.05) is 0 Å². The van der Waals surface area contributed by atoms with Crippen LogP contribution in [0.5, 0.6) is 0 Å². The largest absolute Gasteiger partial charge is 0.0806 e. The first-order valence-corrected chi connectivity index (χ1v) is 7.52. The van der Waals surface area contributed by atoms with E-state index in [4.69, 9.17) is 0 Å². The first-order chi connectivity index (χ1) is 5.25. The normalized spacial score (nSPS) is 17.1. The van der Waals surface area contributed by atoms with E-state index in [1.165, 1.54) is 19.3 Å². The molecule has 0 aromatic rings. The zero-order chi connectivity index (χ0) is 8.27. The Kier molecular flexibility index (Phi) is 3.12. The molecule has 62 valence electrons. The summed E-state index contributed by atoms with van der Waals surface area (Å²) in [6.45, 7) is 7.12. The fourth-order valence-electron chi connectivity index (χ4n) is 1.69. The van der Waals surface area contributed by atoms with E-state index in [0.717, 1.165) is 0 Å². The Bertz CT molecular complexity index is 187. The Morgan fingerprint density at radius 3 is 2.73 bits per heavy atom. The molecule has 1 aliphatic rings. The van der Waals surface area contributed by atoms with Crippen molar-refractivity contribution < 1.29 is 0 Å². The van der Waals surface area contributed by atoms with Crippen LogP contribution in [0.4, 0.5) is 0 Å². The lowest BCUT2D eigenvalue weighted by Crippen LogP contribution is -2.05. The third kappa shape index (κ3) is 2.06. The van der Waals surface area contributed by atoms with Gasteiger partial charge in [0, 0.05) is 0 Å². The molecule has 1 aliphatic carbocycles. The van der Waals surface area contributed by atoms with Gasteiger partial charge in [0.25, 0.3) is 0 Å². The lowest BCUT2D eigenvalue weighted by molar-refractivity contribution is 0.924. The molecule has 0 saturated heterocycles. The van der Waals surface area contributed by atoms with Crippen LogP contribution in [0.2, 0.25) is 13.1 Å². The van der Waals surface area contributed by atoms with Crippen LogP contribution in [0.25, 0.3) is 0 Å². The molecule has 0 unspecified atom stereocenters. The zero-order valence-electron chi connectivity index (χ0n) is 7.85. The second-order valence-corrected chi connectivity index (χ2v) is 6.57. The van der Waals surface area contributed by atoms with Crippen LogP contribution < -0.4 is 0 Å². The Morgan fingerprint density at radius 1 is 1.45 bits per heavy atom. The van der Waals surface area contributed by atoms with Gasteiger partial charge in [0.15, 0.2) is 0 Å². The van der Waals surface area contributed by atoms with Crippen molar-refractivity contribution in [2.45, 2.75) is 39.3 Å². The van der Waals surface area contributed by atoms with Gasteiger partial charge >= 0.3 is 0 Å². The average molecular weight is 166 g/mol. The molecule has 0 saturated carbocycles. The van der Waals surface area contributed by atoms with E-state index in [0.29, 0.717) is 0 Å².